The molecule has 4 heteroatoms. The number of rotatable bonds is 4. The highest BCUT2D eigenvalue weighted by Gasteiger charge is 2.40. The molecule has 3 atom stereocenters. The van der Waals surface area contributed by atoms with Gasteiger partial charge in [0.05, 0.1) is 18.1 Å². The highest BCUT2D eigenvalue weighted by atomic mass is 16.5. The quantitative estimate of drug-likeness (QED) is 0.852. The third kappa shape index (κ3) is 2.33. The molecular weight excluding hydrogens is 264 g/mol. The highest BCUT2D eigenvalue weighted by molar-refractivity contribution is 5.80. The fourth-order valence-corrected chi connectivity index (χ4v) is 3.61. The Morgan fingerprint density at radius 1 is 1.33 bits per heavy atom. The van der Waals surface area contributed by atoms with Crippen LogP contribution in [0.1, 0.15) is 12.0 Å². The molecule has 1 N–H and O–H groups in total. The van der Waals surface area contributed by atoms with Crippen molar-refractivity contribution in [1.29, 1.82) is 0 Å². The Balaban J connectivity index is 1.29. The molecule has 21 heavy (non-hydrogen) atoms. The van der Waals surface area contributed by atoms with Crippen LogP contribution in [0, 0.1) is 5.92 Å². The van der Waals surface area contributed by atoms with Crippen molar-refractivity contribution in [3.63, 3.8) is 0 Å². The summed E-state index contributed by atoms with van der Waals surface area (Å²) in [5, 5.41) is 3.07. The van der Waals surface area contributed by atoms with E-state index in [0.29, 0.717) is 6.54 Å². The number of ether oxygens (including phenoxy) is 1. The number of fused-ring (bicyclic) bond motifs is 3. The van der Waals surface area contributed by atoms with Crippen LogP contribution in [0.2, 0.25) is 0 Å². The summed E-state index contributed by atoms with van der Waals surface area (Å²) < 4.78 is 5.65. The number of nitrogens with one attached hydrogen (secondary N) is 1. The number of amides is 1. The maximum absolute atomic E-state index is 12.2. The lowest BCUT2D eigenvalue weighted by atomic mass is 9.93. The second-order valence-corrected chi connectivity index (χ2v) is 6.02. The van der Waals surface area contributed by atoms with Gasteiger partial charge in [-0.2, -0.15) is 0 Å². The van der Waals surface area contributed by atoms with Crippen LogP contribution in [0.15, 0.2) is 36.4 Å². The van der Waals surface area contributed by atoms with Gasteiger partial charge in [0.1, 0.15) is 0 Å². The summed E-state index contributed by atoms with van der Waals surface area (Å²) in [7, 11) is 0. The van der Waals surface area contributed by atoms with Gasteiger partial charge in [-0.25, -0.2) is 0 Å². The van der Waals surface area contributed by atoms with Crippen molar-refractivity contribution in [3.8, 4) is 0 Å². The Labute approximate surface area is 124 Å². The van der Waals surface area contributed by atoms with Gasteiger partial charge in [0.2, 0.25) is 5.91 Å². The number of hydrogen-bond donors (Lipinski definition) is 1. The first-order valence-corrected chi connectivity index (χ1v) is 7.75. The average Bonchev–Trinajstić information content (AvgIpc) is 3.22. The summed E-state index contributed by atoms with van der Waals surface area (Å²) in [6.07, 6.45) is 6.19. The number of nitrogens with zero attached hydrogens (tertiary/aromatic N) is 1. The van der Waals surface area contributed by atoms with Crippen LogP contribution in [-0.2, 0) is 16.0 Å². The van der Waals surface area contributed by atoms with Gasteiger partial charge in [-0.15, -0.1) is 0 Å². The van der Waals surface area contributed by atoms with Gasteiger partial charge in [0.25, 0.3) is 0 Å². The Morgan fingerprint density at radius 3 is 3.05 bits per heavy atom. The Hall–Kier alpha value is -1.81. The summed E-state index contributed by atoms with van der Waals surface area (Å²) in [5.74, 6) is 0.144. The van der Waals surface area contributed by atoms with E-state index in [1.165, 1.54) is 11.3 Å². The summed E-state index contributed by atoms with van der Waals surface area (Å²) >= 11 is 0. The number of hydrogen-bond acceptors (Lipinski definition) is 3. The van der Waals surface area contributed by atoms with E-state index in [-0.39, 0.29) is 24.0 Å². The lowest BCUT2D eigenvalue weighted by molar-refractivity contribution is -0.125. The molecule has 1 aromatic carbocycles. The van der Waals surface area contributed by atoms with Crippen molar-refractivity contribution in [1.82, 2.24) is 5.32 Å². The van der Waals surface area contributed by atoms with Crippen LogP contribution >= 0.6 is 0 Å². The molecule has 1 aromatic rings. The largest absolute Gasteiger partial charge is 0.369 e. The molecule has 3 unspecified atom stereocenters. The first-order valence-electron chi connectivity index (χ1n) is 7.75. The van der Waals surface area contributed by atoms with Gasteiger partial charge in [-0.1, -0.05) is 30.4 Å². The number of anilines is 1. The molecule has 4 nitrogen and oxygen atoms in total. The van der Waals surface area contributed by atoms with Crippen LogP contribution in [0.4, 0.5) is 5.69 Å². The number of carbonyl (C=O) groups excluding carboxylic acids is 1. The normalized spacial score (nSPS) is 29.0. The summed E-state index contributed by atoms with van der Waals surface area (Å²) in [6.45, 7) is 2.63. The van der Waals surface area contributed by atoms with E-state index in [1.807, 2.05) is 6.08 Å². The average molecular weight is 284 g/mol. The van der Waals surface area contributed by atoms with E-state index in [9.17, 15) is 4.79 Å². The van der Waals surface area contributed by atoms with Crippen LogP contribution in [0.5, 0.6) is 0 Å². The smallest absolute Gasteiger partial charge is 0.226 e. The zero-order valence-electron chi connectivity index (χ0n) is 12.0. The number of benzene rings is 1. The Morgan fingerprint density at radius 2 is 2.24 bits per heavy atom. The molecule has 2 bridgehead atoms. The molecule has 110 valence electrons. The van der Waals surface area contributed by atoms with Crippen LogP contribution in [0.3, 0.4) is 0 Å². The first-order chi connectivity index (χ1) is 10.3. The highest BCUT2D eigenvalue weighted by Crippen LogP contribution is 2.33. The van der Waals surface area contributed by atoms with E-state index in [4.69, 9.17) is 4.74 Å². The molecule has 1 amide bonds. The van der Waals surface area contributed by atoms with E-state index in [0.717, 1.165) is 25.9 Å². The summed E-state index contributed by atoms with van der Waals surface area (Å²) in [5.41, 5.74) is 2.73. The van der Waals surface area contributed by atoms with E-state index in [1.54, 1.807) is 0 Å². The Bertz CT molecular complexity index is 584. The van der Waals surface area contributed by atoms with Crippen LogP contribution in [-0.4, -0.2) is 37.7 Å². The first kappa shape index (κ1) is 12.9. The van der Waals surface area contributed by atoms with Gasteiger partial charge in [-0.3, -0.25) is 4.79 Å². The number of para-hydroxylation sites is 1. The second kappa shape index (κ2) is 5.19. The zero-order chi connectivity index (χ0) is 14.2. The van der Waals surface area contributed by atoms with Crippen molar-refractivity contribution in [2.45, 2.75) is 25.0 Å². The minimum atomic E-state index is 0.00233. The van der Waals surface area contributed by atoms with Crippen molar-refractivity contribution in [2.24, 2.45) is 5.92 Å². The lowest BCUT2D eigenvalue weighted by Gasteiger charge is -2.21. The van der Waals surface area contributed by atoms with Crippen molar-refractivity contribution < 1.29 is 9.53 Å². The van der Waals surface area contributed by atoms with E-state index < -0.39 is 0 Å². The van der Waals surface area contributed by atoms with Crippen molar-refractivity contribution >= 4 is 11.6 Å². The molecule has 3 aliphatic heterocycles. The van der Waals surface area contributed by atoms with Crippen molar-refractivity contribution in [2.75, 3.05) is 24.5 Å². The van der Waals surface area contributed by atoms with Gasteiger partial charge in [0, 0.05) is 25.3 Å². The summed E-state index contributed by atoms with van der Waals surface area (Å²) in [6, 6.07) is 8.52. The molecule has 0 radical (unpaired) electrons. The molecule has 4 rings (SSSR count). The van der Waals surface area contributed by atoms with E-state index >= 15 is 0 Å². The monoisotopic (exact) mass is 284 g/mol. The Kier molecular flexibility index (Phi) is 3.19. The second-order valence-electron chi connectivity index (χ2n) is 6.02. The van der Waals surface area contributed by atoms with Gasteiger partial charge in [0.15, 0.2) is 0 Å². The molecule has 3 heterocycles. The van der Waals surface area contributed by atoms with Crippen molar-refractivity contribution in [3.05, 3.63) is 42.0 Å². The molecule has 1 saturated heterocycles. The molecule has 1 fully saturated rings. The van der Waals surface area contributed by atoms with Crippen LogP contribution < -0.4 is 10.2 Å². The minimum absolute atomic E-state index is 0.00233. The maximum atomic E-state index is 12.2. The third-order valence-electron chi connectivity index (χ3n) is 4.73. The van der Waals surface area contributed by atoms with E-state index in [2.05, 4.69) is 40.6 Å². The van der Waals surface area contributed by atoms with Gasteiger partial charge < -0.3 is 15.0 Å². The molecule has 0 aliphatic carbocycles. The predicted molar refractivity (Wildman–Crippen MR) is 81.3 cm³/mol. The molecule has 3 aliphatic rings. The predicted octanol–water partition coefficient (Wildman–Crippen LogP) is 1.51. The molecule has 0 saturated carbocycles. The molecule has 0 spiro atoms. The fourth-order valence-electron chi connectivity index (χ4n) is 3.61. The molecular formula is C17H20N2O2. The van der Waals surface area contributed by atoms with Gasteiger partial charge >= 0.3 is 0 Å². The maximum Gasteiger partial charge on any atom is 0.226 e. The van der Waals surface area contributed by atoms with Crippen LogP contribution in [0.25, 0.3) is 0 Å². The SMILES string of the molecule is O=C(NCCN1CCc2ccccc21)C1CC2C=CC1O2. The third-order valence-corrected chi connectivity index (χ3v) is 4.73. The van der Waals surface area contributed by atoms with Gasteiger partial charge in [-0.05, 0) is 24.5 Å². The topological polar surface area (TPSA) is 41.6 Å². The summed E-state index contributed by atoms with van der Waals surface area (Å²) in [4.78, 5) is 14.6. The lowest BCUT2D eigenvalue weighted by Crippen LogP contribution is -2.39. The minimum Gasteiger partial charge on any atom is -0.369 e. The number of carbonyl (C=O) groups is 1. The fraction of sp³-hybridized carbons (Fsp3) is 0.471. The standard InChI is InChI=1S/C17H20N2O2/c20-17(14-11-13-5-6-16(14)21-13)18-8-10-19-9-7-12-3-1-2-4-15(12)19/h1-6,13-14,16H,7-11H2,(H,18,20). The molecule has 0 aromatic heterocycles. The zero-order valence-corrected chi connectivity index (χ0v) is 12.0.